The number of methoxy groups -OCH3 is 4. The molecule has 7 nitrogen and oxygen atoms in total. The maximum Gasteiger partial charge on any atom is 0.150 e. The number of rotatable bonds is 11. The van der Waals surface area contributed by atoms with Gasteiger partial charge < -0.3 is 34.9 Å². The number of hydrogen-bond acceptors (Lipinski definition) is 7. The molecule has 2 unspecified atom stereocenters. The third-order valence-corrected chi connectivity index (χ3v) is 3.08. The van der Waals surface area contributed by atoms with Crippen molar-refractivity contribution in [3.8, 4) is 0 Å². The van der Waals surface area contributed by atoms with Gasteiger partial charge in [-0.15, -0.1) is 0 Å². The lowest BCUT2D eigenvalue weighted by molar-refractivity contribution is 0.0453. The zero-order valence-electron chi connectivity index (χ0n) is 13.9. The molecule has 0 bridgehead atoms. The predicted molar refractivity (Wildman–Crippen MR) is 88.6 cm³/mol. The van der Waals surface area contributed by atoms with E-state index in [9.17, 15) is 0 Å². The van der Waals surface area contributed by atoms with E-state index in [1.54, 1.807) is 28.4 Å². The Bertz CT molecular complexity index is 397. The van der Waals surface area contributed by atoms with Crippen LogP contribution in [0.4, 0.5) is 17.1 Å². The van der Waals surface area contributed by atoms with Crippen LogP contribution in [0.25, 0.3) is 0 Å². The van der Waals surface area contributed by atoms with Gasteiger partial charge in [0.15, 0.2) is 12.5 Å². The molecule has 0 spiro atoms. The van der Waals surface area contributed by atoms with E-state index in [0.717, 1.165) is 17.1 Å². The Labute approximate surface area is 132 Å². The summed E-state index contributed by atoms with van der Waals surface area (Å²) in [5.74, 6) is 0. The zero-order chi connectivity index (χ0) is 16.4. The van der Waals surface area contributed by atoms with Crippen LogP contribution in [0, 0.1) is 0 Å². The van der Waals surface area contributed by atoms with Gasteiger partial charge in [0.1, 0.15) is 0 Å². The molecule has 0 radical (unpaired) electrons. The fourth-order valence-corrected chi connectivity index (χ4v) is 1.95. The van der Waals surface area contributed by atoms with Crippen LogP contribution in [0.2, 0.25) is 0 Å². The third kappa shape index (κ3) is 6.07. The lowest BCUT2D eigenvalue weighted by atomic mass is 10.2. The minimum Gasteiger partial charge on any atom is -0.388 e. The smallest absolute Gasteiger partial charge is 0.150 e. The Morgan fingerprint density at radius 1 is 0.773 bits per heavy atom. The SMILES string of the molecule is CNc1cc(NC(COC)OC)cc(NC(COC)OC)c1. The van der Waals surface area contributed by atoms with E-state index in [1.807, 2.05) is 25.2 Å². The van der Waals surface area contributed by atoms with Crippen LogP contribution in [-0.2, 0) is 18.9 Å². The highest BCUT2D eigenvalue weighted by Crippen LogP contribution is 2.24. The monoisotopic (exact) mass is 313 g/mol. The van der Waals surface area contributed by atoms with Crippen LogP contribution >= 0.6 is 0 Å². The van der Waals surface area contributed by atoms with Gasteiger partial charge in [0.05, 0.1) is 13.2 Å². The predicted octanol–water partition coefficient (Wildman–Crippen LogP) is 1.79. The molecule has 7 heteroatoms. The van der Waals surface area contributed by atoms with Crippen LogP contribution in [0.1, 0.15) is 0 Å². The summed E-state index contributed by atoms with van der Waals surface area (Å²) >= 11 is 0. The Morgan fingerprint density at radius 3 is 1.50 bits per heavy atom. The first kappa shape index (κ1) is 18.5. The van der Waals surface area contributed by atoms with Crippen molar-refractivity contribution in [2.45, 2.75) is 12.5 Å². The minimum absolute atomic E-state index is 0.220. The summed E-state index contributed by atoms with van der Waals surface area (Å²) in [6.45, 7) is 0.904. The quantitative estimate of drug-likeness (QED) is 0.538. The number of nitrogens with one attached hydrogen (secondary N) is 3. The van der Waals surface area contributed by atoms with Crippen molar-refractivity contribution in [1.29, 1.82) is 0 Å². The molecule has 0 aliphatic rings. The lowest BCUT2D eigenvalue weighted by Gasteiger charge is -2.21. The van der Waals surface area contributed by atoms with Gasteiger partial charge in [-0.05, 0) is 18.2 Å². The molecule has 1 aromatic rings. The van der Waals surface area contributed by atoms with Crippen molar-refractivity contribution in [1.82, 2.24) is 0 Å². The third-order valence-electron chi connectivity index (χ3n) is 3.08. The Hall–Kier alpha value is -1.54. The standard InChI is InChI=1S/C15H27N3O4/c1-16-11-6-12(17-14(21-4)9-19-2)8-13(7-11)18-15(22-5)10-20-3/h6-8,14-18H,9-10H2,1-5H3. The number of ether oxygens (including phenoxy) is 4. The first-order valence-corrected chi connectivity index (χ1v) is 7.06. The highest BCUT2D eigenvalue weighted by Gasteiger charge is 2.10. The summed E-state index contributed by atoms with van der Waals surface area (Å²) < 4.78 is 20.9. The second kappa shape index (κ2) is 10.2. The van der Waals surface area contributed by atoms with Gasteiger partial charge in [-0.3, -0.25) is 0 Å². The molecular formula is C15H27N3O4. The Balaban J connectivity index is 2.87. The highest BCUT2D eigenvalue weighted by molar-refractivity contribution is 5.67. The second-order valence-electron chi connectivity index (χ2n) is 4.70. The molecule has 1 aromatic carbocycles. The first-order valence-electron chi connectivity index (χ1n) is 7.06. The zero-order valence-corrected chi connectivity index (χ0v) is 13.9. The maximum absolute atomic E-state index is 5.33. The van der Waals surface area contributed by atoms with Gasteiger partial charge in [-0.25, -0.2) is 0 Å². The molecule has 1 rings (SSSR count). The maximum atomic E-state index is 5.33. The average molecular weight is 313 g/mol. The molecule has 0 saturated heterocycles. The van der Waals surface area contributed by atoms with Crippen LogP contribution in [-0.4, -0.2) is 61.2 Å². The van der Waals surface area contributed by atoms with E-state index in [2.05, 4.69) is 16.0 Å². The van der Waals surface area contributed by atoms with Crippen LogP contribution in [0.3, 0.4) is 0 Å². The molecule has 0 aliphatic carbocycles. The van der Waals surface area contributed by atoms with Gasteiger partial charge in [-0.2, -0.15) is 0 Å². The number of hydrogen-bond donors (Lipinski definition) is 3. The van der Waals surface area contributed by atoms with Crippen molar-refractivity contribution in [3.63, 3.8) is 0 Å². The summed E-state index contributed by atoms with van der Waals surface area (Å²) in [7, 11) is 8.42. The molecule has 0 heterocycles. The molecular weight excluding hydrogens is 286 g/mol. The normalized spacial score (nSPS) is 13.5. The fraction of sp³-hybridized carbons (Fsp3) is 0.600. The first-order chi connectivity index (χ1) is 10.7. The molecule has 0 fully saturated rings. The van der Waals surface area contributed by atoms with Crippen LogP contribution in [0.5, 0.6) is 0 Å². The number of benzene rings is 1. The van der Waals surface area contributed by atoms with Crippen molar-refractivity contribution in [2.24, 2.45) is 0 Å². The molecule has 0 saturated carbocycles. The van der Waals surface area contributed by atoms with E-state index in [4.69, 9.17) is 18.9 Å². The number of anilines is 3. The van der Waals surface area contributed by atoms with Crippen LogP contribution < -0.4 is 16.0 Å². The van der Waals surface area contributed by atoms with Gasteiger partial charge in [0, 0.05) is 52.5 Å². The summed E-state index contributed by atoms with van der Waals surface area (Å²) in [4.78, 5) is 0. The van der Waals surface area contributed by atoms with Gasteiger partial charge in [0.25, 0.3) is 0 Å². The van der Waals surface area contributed by atoms with E-state index in [0.29, 0.717) is 13.2 Å². The van der Waals surface area contributed by atoms with Crippen LogP contribution in [0.15, 0.2) is 18.2 Å². The van der Waals surface area contributed by atoms with E-state index in [1.165, 1.54) is 0 Å². The van der Waals surface area contributed by atoms with E-state index < -0.39 is 0 Å². The average Bonchev–Trinajstić information content (AvgIpc) is 2.53. The largest absolute Gasteiger partial charge is 0.388 e. The Kier molecular flexibility index (Phi) is 8.61. The van der Waals surface area contributed by atoms with Crippen molar-refractivity contribution in [3.05, 3.63) is 18.2 Å². The molecule has 22 heavy (non-hydrogen) atoms. The van der Waals surface area contributed by atoms with E-state index >= 15 is 0 Å². The van der Waals surface area contributed by atoms with E-state index in [-0.39, 0.29) is 12.5 Å². The molecule has 0 aromatic heterocycles. The van der Waals surface area contributed by atoms with Crippen molar-refractivity contribution >= 4 is 17.1 Å². The summed E-state index contributed by atoms with van der Waals surface area (Å²) in [5, 5.41) is 9.67. The van der Waals surface area contributed by atoms with Crippen molar-refractivity contribution in [2.75, 3.05) is 64.7 Å². The summed E-state index contributed by atoms with van der Waals surface area (Å²) in [5.41, 5.74) is 2.78. The van der Waals surface area contributed by atoms with Gasteiger partial charge in [-0.1, -0.05) is 0 Å². The van der Waals surface area contributed by atoms with Gasteiger partial charge in [0.2, 0.25) is 0 Å². The van der Waals surface area contributed by atoms with Gasteiger partial charge >= 0.3 is 0 Å². The highest BCUT2D eigenvalue weighted by atomic mass is 16.5. The Morgan fingerprint density at radius 2 is 1.18 bits per heavy atom. The fourth-order valence-electron chi connectivity index (χ4n) is 1.95. The summed E-state index contributed by atoms with van der Waals surface area (Å²) in [6, 6.07) is 5.96. The lowest BCUT2D eigenvalue weighted by Crippen LogP contribution is -2.28. The summed E-state index contributed by atoms with van der Waals surface area (Å²) in [6.07, 6.45) is -0.440. The molecule has 0 amide bonds. The molecule has 0 aliphatic heterocycles. The topological polar surface area (TPSA) is 73.0 Å². The van der Waals surface area contributed by atoms with Crippen molar-refractivity contribution < 1.29 is 18.9 Å². The molecule has 126 valence electrons. The second-order valence-corrected chi connectivity index (χ2v) is 4.70. The molecule has 2 atom stereocenters. The minimum atomic E-state index is -0.220. The molecule has 3 N–H and O–H groups in total.